The molecule has 0 saturated heterocycles. The molecule has 0 aliphatic rings. The molecule has 2 heterocycles. The minimum atomic E-state index is 0.362. The molecule has 1 unspecified atom stereocenters. The molecular formula is C15H22N4. The molecule has 0 aromatic carbocycles. The van der Waals surface area contributed by atoms with E-state index in [1.54, 1.807) is 0 Å². The molecule has 4 heteroatoms. The molecule has 1 atom stereocenters. The molecule has 1 N–H and O–H groups in total. The first-order valence-electron chi connectivity index (χ1n) is 6.68. The first kappa shape index (κ1) is 13.7. The lowest BCUT2D eigenvalue weighted by atomic mass is 10.00. The Morgan fingerprint density at radius 1 is 1.26 bits per heavy atom. The van der Waals surface area contributed by atoms with Gasteiger partial charge >= 0.3 is 0 Å². The SMILES string of the molecule is CNC(CCc1cnn(C)c1)c1cc(C)nc(C)c1. The van der Waals surface area contributed by atoms with Crippen molar-refractivity contribution in [3.8, 4) is 0 Å². The monoisotopic (exact) mass is 258 g/mol. The van der Waals surface area contributed by atoms with Gasteiger partial charge in [-0.05, 0) is 57.0 Å². The topological polar surface area (TPSA) is 42.7 Å². The average Bonchev–Trinajstić information content (AvgIpc) is 2.75. The van der Waals surface area contributed by atoms with Crippen molar-refractivity contribution < 1.29 is 0 Å². The highest BCUT2D eigenvalue weighted by Crippen LogP contribution is 2.20. The molecule has 0 radical (unpaired) electrons. The standard InChI is InChI=1S/C15H22N4/c1-11-7-14(8-12(2)18-11)15(16-3)6-5-13-9-17-19(4)10-13/h7-10,15-16H,5-6H2,1-4H3. The highest BCUT2D eigenvalue weighted by molar-refractivity contribution is 5.24. The van der Waals surface area contributed by atoms with Crippen LogP contribution in [-0.4, -0.2) is 21.8 Å². The second-order valence-corrected chi connectivity index (χ2v) is 5.09. The van der Waals surface area contributed by atoms with Crippen molar-refractivity contribution in [3.05, 3.63) is 47.0 Å². The van der Waals surface area contributed by atoms with Gasteiger partial charge in [-0.25, -0.2) is 0 Å². The van der Waals surface area contributed by atoms with Crippen LogP contribution in [0.1, 0.15) is 35.0 Å². The Morgan fingerprint density at radius 2 is 1.95 bits per heavy atom. The van der Waals surface area contributed by atoms with Crippen LogP contribution in [0.15, 0.2) is 24.5 Å². The second-order valence-electron chi connectivity index (χ2n) is 5.09. The van der Waals surface area contributed by atoms with Gasteiger partial charge in [0.15, 0.2) is 0 Å². The van der Waals surface area contributed by atoms with Crippen LogP contribution in [-0.2, 0) is 13.5 Å². The van der Waals surface area contributed by atoms with Crippen LogP contribution >= 0.6 is 0 Å². The summed E-state index contributed by atoms with van der Waals surface area (Å²) in [5, 5.41) is 7.60. The molecule has 2 rings (SSSR count). The number of hydrogen-bond acceptors (Lipinski definition) is 3. The molecule has 102 valence electrons. The smallest absolute Gasteiger partial charge is 0.0521 e. The maximum absolute atomic E-state index is 4.43. The minimum Gasteiger partial charge on any atom is -0.313 e. The summed E-state index contributed by atoms with van der Waals surface area (Å²) in [5.74, 6) is 0. The lowest BCUT2D eigenvalue weighted by Gasteiger charge is -2.17. The van der Waals surface area contributed by atoms with Crippen molar-refractivity contribution in [3.63, 3.8) is 0 Å². The highest BCUT2D eigenvalue weighted by atomic mass is 15.2. The summed E-state index contributed by atoms with van der Waals surface area (Å²) in [7, 11) is 3.97. The molecule has 0 saturated carbocycles. The molecule has 2 aromatic rings. The zero-order valence-electron chi connectivity index (χ0n) is 12.1. The van der Waals surface area contributed by atoms with Crippen molar-refractivity contribution in [2.45, 2.75) is 32.7 Å². The van der Waals surface area contributed by atoms with E-state index in [4.69, 9.17) is 0 Å². The number of aryl methyl sites for hydroxylation is 4. The van der Waals surface area contributed by atoms with Crippen molar-refractivity contribution >= 4 is 0 Å². The average molecular weight is 258 g/mol. The molecule has 0 fully saturated rings. The Morgan fingerprint density at radius 3 is 2.47 bits per heavy atom. The normalized spacial score (nSPS) is 12.6. The maximum atomic E-state index is 4.43. The molecule has 0 aliphatic carbocycles. The number of aromatic nitrogens is 3. The maximum Gasteiger partial charge on any atom is 0.0521 e. The molecule has 0 aliphatic heterocycles. The van der Waals surface area contributed by atoms with Gasteiger partial charge in [0, 0.05) is 30.7 Å². The molecule has 0 amide bonds. The lowest BCUT2D eigenvalue weighted by molar-refractivity contribution is 0.547. The van der Waals surface area contributed by atoms with Crippen LogP contribution in [0, 0.1) is 13.8 Å². The van der Waals surface area contributed by atoms with Gasteiger partial charge < -0.3 is 5.32 Å². The lowest BCUT2D eigenvalue weighted by Crippen LogP contribution is -2.17. The Kier molecular flexibility index (Phi) is 4.32. The third kappa shape index (κ3) is 3.64. The van der Waals surface area contributed by atoms with Crippen LogP contribution in [0.5, 0.6) is 0 Å². The third-order valence-electron chi connectivity index (χ3n) is 3.33. The van der Waals surface area contributed by atoms with Crippen molar-refractivity contribution in [1.82, 2.24) is 20.1 Å². The Bertz CT molecular complexity index is 525. The number of pyridine rings is 1. The van der Waals surface area contributed by atoms with Crippen molar-refractivity contribution in [1.29, 1.82) is 0 Å². The van der Waals surface area contributed by atoms with E-state index in [-0.39, 0.29) is 0 Å². The zero-order valence-corrected chi connectivity index (χ0v) is 12.1. The first-order chi connectivity index (χ1) is 9.08. The predicted molar refractivity (Wildman–Crippen MR) is 77.0 cm³/mol. The fourth-order valence-electron chi connectivity index (χ4n) is 2.46. The van der Waals surface area contributed by atoms with Crippen LogP contribution in [0.4, 0.5) is 0 Å². The van der Waals surface area contributed by atoms with Crippen molar-refractivity contribution in [2.24, 2.45) is 7.05 Å². The highest BCUT2D eigenvalue weighted by Gasteiger charge is 2.11. The van der Waals surface area contributed by atoms with E-state index < -0.39 is 0 Å². The predicted octanol–water partition coefficient (Wildman–Crippen LogP) is 2.33. The second kappa shape index (κ2) is 5.97. The summed E-state index contributed by atoms with van der Waals surface area (Å²) in [4.78, 5) is 4.43. The van der Waals surface area contributed by atoms with Crippen LogP contribution < -0.4 is 5.32 Å². The van der Waals surface area contributed by atoms with Gasteiger partial charge in [0.25, 0.3) is 0 Å². The van der Waals surface area contributed by atoms with E-state index in [0.29, 0.717) is 6.04 Å². The van der Waals surface area contributed by atoms with Gasteiger partial charge in [0.1, 0.15) is 0 Å². The summed E-state index contributed by atoms with van der Waals surface area (Å²) < 4.78 is 1.85. The zero-order chi connectivity index (χ0) is 13.8. The Labute approximate surface area is 114 Å². The summed E-state index contributed by atoms with van der Waals surface area (Å²) >= 11 is 0. The summed E-state index contributed by atoms with van der Waals surface area (Å²) in [6.45, 7) is 4.09. The summed E-state index contributed by atoms with van der Waals surface area (Å²) in [6.07, 6.45) is 6.11. The van der Waals surface area contributed by atoms with Crippen molar-refractivity contribution in [2.75, 3.05) is 7.05 Å². The third-order valence-corrected chi connectivity index (χ3v) is 3.33. The van der Waals surface area contributed by atoms with E-state index in [9.17, 15) is 0 Å². The van der Waals surface area contributed by atoms with Crippen LogP contribution in [0.25, 0.3) is 0 Å². The van der Waals surface area contributed by atoms with E-state index in [0.717, 1.165) is 24.2 Å². The van der Waals surface area contributed by atoms with Gasteiger partial charge in [-0.3, -0.25) is 9.67 Å². The van der Waals surface area contributed by atoms with E-state index >= 15 is 0 Å². The summed E-state index contributed by atoms with van der Waals surface area (Å²) in [6, 6.07) is 4.69. The molecule has 4 nitrogen and oxygen atoms in total. The molecule has 0 spiro atoms. The number of hydrogen-bond donors (Lipinski definition) is 1. The van der Waals surface area contributed by atoms with E-state index in [1.165, 1.54) is 11.1 Å². The number of nitrogens with zero attached hydrogens (tertiary/aromatic N) is 3. The van der Waals surface area contributed by atoms with Gasteiger partial charge in [0.2, 0.25) is 0 Å². The summed E-state index contributed by atoms with van der Waals surface area (Å²) in [5.41, 5.74) is 4.76. The quantitative estimate of drug-likeness (QED) is 0.895. The Balaban J connectivity index is 2.07. The number of nitrogens with one attached hydrogen (secondary N) is 1. The van der Waals surface area contributed by atoms with Gasteiger partial charge in [-0.2, -0.15) is 5.10 Å². The van der Waals surface area contributed by atoms with Gasteiger partial charge in [0.05, 0.1) is 6.20 Å². The van der Waals surface area contributed by atoms with Gasteiger partial charge in [-0.1, -0.05) is 0 Å². The van der Waals surface area contributed by atoms with E-state index in [1.807, 2.05) is 38.8 Å². The molecule has 19 heavy (non-hydrogen) atoms. The van der Waals surface area contributed by atoms with E-state index in [2.05, 4.69) is 33.7 Å². The minimum absolute atomic E-state index is 0.362. The molecule has 0 bridgehead atoms. The largest absolute Gasteiger partial charge is 0.313 e. The van der Waals surface area contributed by atoms with Crippen LogP contribution in [0.2, 0.25) is 0 Å². The number of rotatable bonds is 5. The Hall–Kier alpha value is -1.68. The van der Waals surface area contributed by atoms with Gasteiger partial charge in [-0.15, -0.1) is 0 Å². The van der Waals surface area contributed by atoms with Crippen LogP contribution in [0.3, 0.4) is 0 Å². The fraction of sp³-hybridized carbons (Fsp3) is 0.467. The molecule has 2 aromatic heterocycles. The fourth-order valence-corrected chi connectivity index (χ4v) is 2.46. The first-order valence-corrected chi connectivity index (χ1v) is 6.68. The molecular weight excluding hydrogens is 236 g/mol.